The Morgan fingerprint density at radius 1 is 1.06 bits per heavy atom. The zero-order valence-corrected chi connectivity index (χ0v) is 11.8. The fourth-order valence-corrected chi connectivity index (χ4v) is 2.98. The molecule has 4 nitrogen and oxygen atoms in total. The maximum Gasteiger partial charge on any atom is 0.0793 e. The third-order valence-corrected chi connectivity index (χ3v) is 4.25. The molecule has 1 atom stereocenters. The van der Waals surface area contributed by atoms with E-state index >= 15 is 0 Å². The molecule has 2 N–H and O–H groups in total. The lowest BCUT2D eigenvalue weighted by atomic mass is 9.99. The molecule has 0 aromatic rings. The van der Waals surface area contributed by atoms with Crippen LogP contribution >= 0.6 is 0 Å². The van der Waals surface area contributed by atoms with Gasteiger partial charge in [-0.3, -0.25) is 4.90 Å². The van der Waals surface area contributed by atoms with Crippen LogP contribution in [0.4, 0.5) is 0 Å². The number of nitrogens with one attached hydrogen (secondary N) is 1. The number of likely N-dealkylation sites (tertiary alicyclic amines) is 1. The summed E-state index contributed by atoms with van der Waals surface area (Å²) >= 11 is 0. The first-order valence-electron chi connectivity index (χ1n) is 7.57. The third-order valence-electron chi connectivity index (χ3n) is 4.25. The minimum absolute atomic E-state index is 0.184. The van der Waals surface area contributed by atoms with Crippen LogP contribution in [0.25, 0.3) is 0 Å². The van der Waals surface area contributed by atoms with E-state index in [2.05, 4.69) is 22.0 Å². The van der Waals surface area contributed by atoms with Crippen molar-refractivity contribution in [3.05, 3.63) is 0 Å². The van der Waals surface area contributed by atoms with Gasteiger partial charge in [0.05, 0.1) is 6.10 Å². The summed E-state index contributed by atoms with van der Waals surface area (Å²) in [4.78, 5) is 4.83. The third kappa shape index (κ3) is 4.84. The van der Waals surface area contributed by atoms with E-state index in [1.807, 2.05) is 0 Å². The van der Waals surface area contributed by atoms with Crippen LogP contribution in [0.5, 0.6) is 0 Å². The van der Waals surface area contributed by atoms with Crippen molar-refractivity contribution >= 4 is 0 Å². The average molecular weight is 255 g/mol. The molecule has 2 fully saturated rings. The number of aliphatic hydroxyl groups is 1. The molecule has 0 aromatic heterocycles. The smallest absolute Gasteiger partial charge is 0.0793 e. The lowest BCUT2D eigenvalue weighted by molar-refractivity contribution is 0.0630. The van der Waals surface area contributed by atoms with E-state index in [0.29, 0.717) is 0 Å². The first-order chi connectivity index (χ1) is 8.74. The molecule has 0 aromatic carbocycles. The van der Waals surface area contributed by atoms with Crippen molar-refractivity contribution < 1.29 is 5.11 Å². The maximum absolute atomic E-state index is 10.2. The summed E-state index contributed by atoms with van der Waals surface area (Å²) in [6.07, 6.45) is 3.60. The Balaban J connectivity index is 1.66. The second kappa shape index (κ2) is 7.43. The molecule has 0 aliphatic carbocycles. The molecule has 0 spiro atoms. The van der Waals surface area contributed by atoms with Gasteiger partial charge in [-0.1, -0.05) is 6.92 Å². The zero-order valence-electron chi connectivity index (χ0n) is 11.8. The summed E-state index contributed by atoms with van der Waals surface area (Å²) in [6, 6.07) is 0. The summed E-state index contributed by atoms with van der Waals surface area (Å²) in [5, 5.41) is 13.6. The number of aliphatic hydroxyl groups excluding tert-OH is 1. The van der Waals surface area contributed by atoms with Crippen LogP contribution in [0.2, 0.25) is 0 Å². The highest BCUT2D eigenvalue weighted by Gasteiger charge is 2.20. The molecule has 2 heterocycles. The topological polar surface area (TPSA) is 38.7 Å². The van der Waals surface area contributed by atoms with Gasteiger partial charge >= 0.3 is 0 Å². The summed E-state index contributed by atoms with van der Waals surface area (Å²) in [6.45, 7) is 10.8. The Bertz CT molecular complexity index is 221. The molecule has 2 saturated heterocycles. The van der Waals surface area contributed by atoms with E-state index in [0.717, 1.165) is 45.2 Å². The maximum atomic E-state index is 10.2. The summed E-state index contributed by atoms with van der Waals surface area (Å²) < 4.78 is 0. The lowest BCUT2D eigenvalue weighted by Gasteiger charge is -2.33. The Hall–Kier alpha value is -0.160. The highest BCUT2D eigenvalue weighted by atomic mass is 16.3. The average Bonchev–Trinajstić information content (AvgIpc) is 2.61. The van der Waals surface area contributed by atoms with Crippen molar-refractivity contribution in [2.45, 2.75) is 32.3 Å². The number of hydrogen-bond acceptors (Lipinski definition) is 4. The van der Waals surface area contributed by atoms with Gasteiger partial charge in [-0.25, -0.2) is 0 Å². The lowest BCUT2D eigenvalue weighted by Crippen LogP contribution is -2.43. The minimum Gasteiger partial charge on any atom is -0.390 e. The minimum atomic E-state index is -0.184. The van der Waals surface area contributed by atoms with E-state index in [-0.39, 0.29) is 6.10 Å². The first-order valence-corrected chi connectivity index (χ1v) is 7.57. The van der Waals surface area contributed by atoms with Crippen LogP contribution in [0.1, 0.15) is 26.2 Å². The molecule has 0 radical (unpaired) electrons. The Morgan fingerprint density at radius 3 is 2.44 bits per heavy atom. The van der Waals surface area contributed by atoms with Gasteiger partial charge in [0.25, 0.3) is 0 Å². The first kappa shape index (κ1) is 14.3. The van der Waals surface area contributed by atoms with Crippen LogP contribution in [-0.4, -0.2) is 73.4 Å². The van der Waals surface area contributed by atoms with Crippen LogP contribution in [0.3, 0.4) is 0 Å². The largest absolute Gasteiger partial charge is 0.390 e. The molecule has 4 heteroatoms. The predicted molar refractivity (Wildman–Crippen MR) is 74.8 cm³/mol. The van der Waals surface area contributed by atoms with E-state index in [1.165, 1.54) is 32.4 Å². The summed E-state index contributed by atoms with van der Waals surface area (Å²) in [5.41, 5.74) is 0. The van der Waals surface area contributed by atoms with Gasteiger partial charge in [-0.15, -0.1) is 0 Å². The van der Waals surface area contributed by atoms with Crippen molar-refractivity contribution in [2.75, 3.05) is 52.4 Å². The number of hydrogen-bond donors (Lipinski definition) is 2. The SMILES string of the molecule is CC1CCN(C[C@H](O)CN2CCCNCC2)CC1. The van der Waals surface area contributed by atoms with Crippen LogP contribution in [0, 0.1) is 5.92 Å². The molecule has 0 amide bonds. The fraction of sp³-hybridized carbons (Fsp3) is 1.00. The Morgan fingerprint density at radius 2 is 1.72 bits per heavy atom. The van der Waals surface area contributed by atoms with Crippen LogP contribution < -0.4 is 5.32 Å². The quantitative estimate of drug-likeness (QED) is 0.761. The van der Waals surface area contributed by atoms with Crippen molar-refractivity contribution in [1.29, 1.82) is 0 Å². The van der Waals surface area contributed by atoms with E-state index in [4.69, 9.17) is 0 Å². The van der Waals surface area contributed by atoms with Crippen molar-refractivity contribution in [2.24, 2.45) is 5.92 Å². The van der Waals surface area contributed by atoms with Gasteiger partial charge < -0.3 is 15.3 Å². The van der Waals surface area contributed by atoms with Crippen molar-refractivity contribution in [1.82, 2.24) is 15.1 Å². The second-order valence-corrected chi connectivity index (χ2v) is 6.04. The van der Waals surface area contributed by atoms with Gasteiger partial charge in [0.2, 0.25) is 0 Å². The predicted octanol–water partition coefficient (Wildman–Crippen LogP) is 0.375. The van der Waals surface area contributed by atoms with Gasteiger partial charge in [0.1, 0.15) is 0 Å². The van der Waals surface area contributed by atoms with Gasteiger partial charge in [-0.2, -0.15) is 0 Å². The summed E-state index contributed by atoms with van der Waals surface area (Å²) in [5.74, 6) is 0.870. The molecule has 106 valence electrons. The molecule has 2 aliphatic rings. The fourth-order valence-electron chi connectivity index (χ4n) is 2.98. The molecule has 18 heavy (non-hydrogen) atoms. The van der Waals surface area contributed by atoms with E-state index in [9.17, 15) is 5.11 Å². The highest BCUT2D eigenvalue weighted by Crippen LogP contribution is 2.16. The second-order valence-electron chi connectivity index (χ2n) is 6.04. The molecular formula is C14H29N3O. The Kier molecular flexibility index (Phi) is 5.89. The number of rotatable bonds is 4. The molecular weight excluding hydrogens is 226 g/mol. The van der Waals surface area contributed by atoms with E-state index in [1.54, 1.807) is 0 Å². The van der Waals surface area contributed by atoms with Gasteiger partial charge in [0.15, 0.2) is 0 Å². The van der Waals surface area contributed by atoms with Crippen molar-refractivity contribution in [3.63, 3.8) is 0 Å². The Labute approximate surface area is 111 Å². The number of piperidine rings is 1. The standard InChI is InChI=1S/C14H29N3O/c1-13-3-8-17(9-4-13)12-14(18)11-16-7-2-5-15-6-10-16/h13-15,18H,2-12H2,1H3/t14-/m1/s1. The van der Waals surface area contributed by atoms with Crippen LogP contribution in [0.15, 0.2) is 0 Å². The zero-order chi connectivity index (χ0) is 12.8. The van der Waals surface area contributed by atoms with Gasteiger partial charge in [-0.05, 0) is 51.4 Å². The molecule has 2 rings (SSSR count). The van der Waals surface area contributed by atoms with Crippen LogP contribution in [-0.2, 0) is 0 Å². The van der Waals surface area contributed by atoms with Crippen molar-refractivity contribution in [3.8, 4) is 0 Å². The summed E-state index contributed by atoms with van der Waals surface area (Å²) in [7, 11) is 0. The monoisotopic (exact) mass is 255 g/mol. The number of β-amino-alcohol motifs (C(OH)–C–C–N with tert-alkyl or cyclic N) is 1. The molecule has 0 bridgehead atoms. The molecule has 0 saturated carbocycles. The highest BCUT2D eigenvalue weighted by molar-refractivity contribution is 4.75. The molecule has 0 unspecified atom stereocenters. The normalized spacial score (nSPS) is 27.0. The van der Waals surface area contributed by atoms with Gasteiger partial charge in [0, 0.05) is 26.2 Å². The molecule has 2 aliphatic heterocycles. The number of nitrogens with zero attached hydrogens (tertiary/aromatic N) is 2. The van der Waals surface area contributed by atoms with E-state index < -0.39 is 0 Å².